The highest BCUT2D eigenvalue weighted by Gasteiger charge is 2.37. The van der Waals surface area contributed by atoms with E-state index in [1.54, 1.807) is 30.3 Å². The lowest BCUT2D eigenvalue weighted by Gasteiger charge is -2.20. The van der Waals surface area contributed by atoms with Gasteiger partial charge in [0, 0.05) is 5.56 Å². The molecule has 2 aromatic carbocycles. The summed E-state index contributed by atoms with van der Waals surface area (Å²) in [4.78, 5) is 24.9. The topological polar surface area (TPSA) is 79.6 Å². The number of hydrogen-bond donors (Lipinski definition) is 0. The van der Waals surface area contributed by atoms with Crippen molar-refractivity contribution in [2.75, 3.05) is 24.9 Å². The van der Waals surface area contributed by atoms with E-state index < -0.39 is 34.8 Å². The normalized spacial score (nSPS) is 15.1. The number of esters is 1. The van der Waals surface area contributed by atoms with Crippen LogP contribution in [0, 0.1) is 23.0 Å². The lowest BCUT2D eigenvalue weighted by atomic mass is 10.0. The number of methoxy groups -OCH3 is 2. The second-order valence-corrected chi connectivity index (χ2v) is 6.75. The number of thioether (sulfide) groups is 1. The van der Waals surface area contributed by atoms with E-state index in [9.17, 15) is 23.6 Å². The van der Waals surface area contributed by atoms with Crippen LogP contribution in [0.3, 0.4) is 0 Å². The summed E-state index contributed by atoms with van der Waals surface area (Å²) in [5.41, 5.74) is -0.495. The molecule has 6 nitrogen and oxygen atoms in total. The van der Waals surface area contributed by atoms with Crippen molar-refractivity contribution in [3.8, 4) is 22.9 Å². The predicted octanol–water partition coefficient (Wildman–Crippen LogP) is 3.63. The zero-order valence-corrected chi connectivity index (χ0v) is 16.2. The highest BCUT2D eigenvalue weighted by atomic mass is 32.2. The molecule has 0 atom stereocenters. The van der Waals surface area contributed by atoms with Gasteiger partial charge in [-0.25, -0.2) is 13.6 Å². The lowest BCUT2D eigenvalue weighted by Crippen LogP contribution is -2.27. The maximum absolute atomic E-state index is 15.0. The molecule has 0 bridgehead atoms. The summed E-state index contributed by atoms with van der Waals surface area (Å²) < 4.78 is 39.7. The SMILES string of the molecule is COC(=O)/C(C#N)=C1\SCC(=O)N1c1c(F)cc(-c2ccccc2OC)cc1F. The summed E-state index contributed by atoms with van der Waals surface area (Å²) in [6.07, 6.45) is 0. The van der Waals surface area contributed by atoms with E-state index in [2.05, 4.69) is 4.74 Å². The Morgan fingerprint density at radius 1 is 1.21 bits per heavy atom. The molecule has 1 heterocycles. The molecular weight excluding hydrogens is 402 g/mol. The molecule has 1 aliphatic rings. The second kappa shape index (κ2) is 8.32. The van der Waals surface area contributed by atoms with Crippen molar-refractivity contribution in [3.05, 3.63) is 58.6 Å². The van der Waals surface area contributed by atoms with Crippen LogP contribution in [-0.4, -0.2) is 31.8 Å². The van der Waals surface area contributed by atoms with Gasteiger partial charge in [0.1, 0.15) is 22.5 Å². The molecule has 1 fully saturated rings. The number of hydrogen-bond acceptors (Lipinski definition) is 6. The Morgan fingerprint density at radius 2 is 1.86 bits per heavy atom. The molecule has 1 aliphatic heterocycles. The van der Waals surface area contributed by atoms with Crippen LogP contribution in [0.4, 0.5) is 14.5 Å². The van der Waals surface area contributed by atoms with Crippen LogP contribution in [0.15, 0.2) is 47.0 Å². The number of nitriles is 1. The minimum atomic E-state index is -1.03. The van der Waals surface area contributed by atoms with Crippen molar-refractivity contribution in [1.82, 2.24) is 0 Å². The molecule has 0 N–H and O–H groups in total. The van der Waals surface area contributed by atoms with E-state index in [4.69, 9.17) is 4.74 Å². The standard InChI is InChI=1S/C20H14F2N2O4S/c1-27-16-6-4-3-5-12(16)11-7-14(21)18(15(22)8-11)24-17(25)10-29-19(24)13(9-23)20(26)28-2/h3-8H,10H2,1-2H3/b19-13-. The maximum atomic E-state index is 15.0. The summed E-state index contributed by atoms with van der Waals surface area (Å²) in [5, 5.41) is 9.09. The van der Waals surface area contributed by atoms with Crippen molar-refractivity contribution in [1.29, 1.82) is 5.26 Å². The van der Waals surface area contributed by atoms with E-state index in [-0.39, 0.29) is 16.3 Å². The van der Waals surface area contributed by atoms with Gasteiger partial charge in [-0.05, 0) is 23.8 Å². The average Bonchev–Trinajstić information content (AvgIpc) is 3.08. The molecule has 0 unspecified atom stereocenters. The Labute approximate surface area is 169 Å². The van der Waals surface area contributed by atoms with Gasteiger partial charge >= 0.3 is 5.97 Å². The zero-order chi connectivity index (χ0) is 21.1. The third-order valence-corrected chi connectivity index (χ3v) is 5.21. The monoisotopic (exact) mass is 416 g/mol. The summed E-state index contributed by atoms with van der Waals surface area (Å²) >= 11 is 0.833. The van der Waals surface area contributed by atoms with E-state index in [0.717, 1.165) is 31.0 Å². The quantitative estimate of drug-likeness (QED) is 0.430. The largest absolute Gasteiger partial charge is 0.496 e. The van der Waals surface area contributed by atoms with Gasteiger partial charge < -0.3 is 9.47 Å². The van der Waals surface area contributed by atoms with E-state index >= 15 is 0 Å². The minimum absolute atomic E-state index is 0.174. The smallest absolute Gasteiger partial charge is 0.351 e. The van der Waals surface area contributed by atoms with Crippen molar-refractivity contribution in [2.24, 2.45) is 0 Å². The fraction of sp³-hybridized carbons (Fsp3) is 0.150. The van der Waals surface area contributed by atoms with Crippen LogP contribution >= 0.6 is 11.8 Å². The molecule has 0 spiro atoms. The Balaban J connectivity index is 2.16. The number of nitrogens with zero attached hydrogens (tertiary/aromatic N) is 2. The van der Waals surface area contributed by atoms with E-state index in [1.807, 2.05) is 0 Å². The number of rotatable bonds is 4. The Hall–Kier alpha value is -3.38. The van der Waals surface area contributed by atoms with E-state index in [0.29, 0.717) is 16.2 Å². The maximum Gasteiger partial charge on any atom is 0.351 e. The van der Waals surface area contributed by atoms with E-state index in [1.165, 1.54) is 7.11 Å². The van der Waals surface area contributed by atoms with Crippen LogP contribution in [-0.2, 0) is 14.3 Å². The van der Waals surface area contributed by atoms with Crippen molar-refractivity contribution in [3.63, 3.8) is 0 Å². The molecule has 1 amide bonds. The number of para-hydroxylation sites is 1. The number of carbonyl (C=O) groups excluding carboxylic acids is 2. The van der Waals surface area contributed by atoms with Gasteiger partial charge in [-0.3, -0.25) is 9.69 Å². The number of benzene rings is 2. The lowest BCUT2D eigenvalue weighted by molar-refractivity contribution is -0.135. The number of amides is 1. The summed E-state index contributed by atoms with van der Waals surface area (Å²) in [6, 6.07) is 10.5. The number of anilines is 1. The molecule has 0 aliphatic carbocycles. The average molecular weight is 416 g/mol. The first-order valence-electron chi connectivity index (χ1n) is 8.23. The Kier molecular flexibility index (Phi) is 5.84. The predicted molar refractivity (Wildman–Crippen MR) is 103 cm³/mol. The Morgan fingerprint density at radius 3 is 2.45 bits per heavy atom. The highest BCUT2D eigenvalue weighted by Crippen LogP contribution is 2.41. The fourth-order valence-corrected chi connectivity index (χ4v) is 3.87. The first-order chi connectivity index (χ1) is 13.9. The van der Waals surface area contributed by atoms with Crippen LogP contribution in [0.2, 0.25) is 0 Å². The molecular formula is C20H14F2N2O4S. The third kappa shape index (κ3) is 3.67. The van der Waals surface area contributed by atoms with Crippen LogP contribution in [0.1, 0.15) is 0 Å². The van der Waals surface area contributed by atoms with Gasteiger partial charge in [0.05, 0.1) is 20.0 Å². The molecule has 2 aromatic rings. The van der Waals surface area contributed by atoms with Gasteiger partial charge in [-0.2, -0.15) is 5.26 Å². The molecule has 1 saturated heterocycles. The number of carbonyl (C=O) groups is 2. The first kappa shape index (κ1) is 20.4. The Bertz CT molecular complexity index is 1060. The summed E-state index contributed by atoms with van der Waals surface area (Å²) in [6.45, 7) is 0. The molecule has 0 saturated carbocycles. The van der Waals surface area contributed by atoms with Crippen LogP contribution in [0.5, 0.6) is 5.75 Å². The van der Waals surface area contributed by atoms with Crippen LogP contribution < -0.4 is 9.64 Å². The molecule has 29 heavy (non-hydrogen) atoms. The van der Waals surface area contributed by atoms with Crippen molar-refractivity contribution in [2.45, 2.75) is 0 Å². The highest BCUT2D eigenvalue weighted by molar-refractivity contribution is 8.04. The molecule has 3 rings (SSSR count). The molecule has 0 radical (unpaired) electrons. The zero-order valence-electron chi connectivity index (χ0n) is 15.4. The van der Waals surface area contributed by atoms with Crippen molar-refractivity contribution >= 4 is 29.3 Å². The summed E-state index contributed by atoms with van der Waals surface area (Å²) in [5.74, 6) is -3.47. The van der Waals surface area contributed by atoms with Gasteiger partial charge in [-0.1, -0.05) is 30.0 Å². The van der Waals surface area contributed by atoms with Gasteiger partial charge in [0.25, 0.3) is 0 Å². The fourth-order valence-electron chi connectivity index (χ4n) is 2.88. The molecule has 148 valence electrons. The summed E-state index contributed by atoms with van der Waals surface area (Å²) in [7, 11) is 2.50. The molecule has 9 heteroatoms. The number of ether oxygens (including phenoxy) is 2. The first-order valence-corrected chi connectivity index (χ1v) is 9.22. The second-order valence-electron chi connectivity index (χ2n) is 5.79. The number of halogens is 2. The minimum Gasteiger partial charge on any atom is -0.496 e. The van der Waals surface area contributed by atoms with Crippen molar-refractivity contribution < 1.29 is 27.8 Å². The van der Waals surface area contributed by atoms with Gasteiger partial charge in [0.2, 0.25) is 5.91 Å². The van der Waals surface area contributed by atoms with Gasteiger partial charge in [-0.15, -0.1) is 0 Å². The third-order valence-electron chi connectivity index (χ3n) is 4.16. The van der Waals surface area contributed by atoms with Crippen LogP contribution in [0.25, 0.3) is 11.1 Å². The van der Waals surface area contributed by atoms with Gasteiger partial charge in [0.15, 0.2) is 17.2 Å². The molecule has 0 aromatic heterocycles.